The number of carbonyl (C=O) groups excluding carboxylic acids is 3. The average Bonchev–Trinajstić information content (AvgIpc) is 3.42. The van der Waals surface area contributed by atoms with Gasteiger partial charge in [0.15, 0.2) is 0 Å². The van der Waals surface area contributed by atoms with Crippen molar-refractivity contribution in [1.82, 2.24) is 0 Å². The second kappa shape index (κ2) is 8.60. The Morgan fingerprint density at radius 1 is 1.26 bits per heavy atom. The predicted molar refractivity (Wildman–Crippen MR) is 120 cm³/mol. The van der Waals surface area contributed by atoms with Crippen molar-refractivity contribution in [3.63, 3.8) is 0 Å². The van der Waals surface area contributed by atoms with Crippen LogP contribution in [0.2, 0.25) is 0 Å². The second-order valence-corrected chi connectivity index (χ2v) is 9.57. The first-order valence-corrected chi connectivity index (χ1v) is 11.7. The molecule has 2 fully saturated rings. The molecule has 1 aromatic carbocycles. The van der Waals surface area contributed by atoms with Gasteiger partial charge in [-0.15, -0.1) is 0 Å². The van der Waals surface area contributed by atoms with E-state index in [-0.39, 0.29) is 24.2 Å². The standard InChI is InChI=1S/C26H33NO4/c1-4-6-7-18(5-2)16-31-24(29)20-10-8-17(3)22(13-20)27-23(28)15-26(25(27)30)14-19-9-11-21(26)12-19/h8-11,13,18-19,21H,4-7,12,14-16H2,1-3H3. The van der Waals surface area contributed by atoms with Gasteiger partial charge in [-0.1, -0.05) is 51.3 Å². The van der Waals surface area contributed by atoms with Crippen LogP contribution in [0.1, 0.15) is 74.7 Å². The van der Waals surface area contributed by atoms with Gasteiger partial charge in [0.25, 0.3) is 0 Å². The highest BCUT2D eigenvalue weighted by Gasteiger charge is 2.61. The first-order chi connectivity index (χ1) is 14.9. The maximum Gasteiger partial charge on any atom is 0.338 e. The highest BCUT2D eigenvalue weighted by Crippen LogP contribution is 2.58. The number of nitrogens with zero attached hydrogens (tertiary/aromatic N) is 1. The Kier molecular flexibility index (Phi) is 6.05. The van der Waals surface area contributed by atoms with Gasteiger partial charge in [-0.25, -0.2) is 9.69 Å². The molecule has 1 aliphatic heterocycles. The number of allylic oxidation sites excluding steroid dienone is 2. The number of imide groups is 1. The largest absolute Gasteiger partial charge is 0.462 e. The van der Waals surface area contributed by atoms with Crippen LogP contribution in [0.15, 0.2) is 30.4 Å². The van der Waals surface area contributed by atoms with Crippen molar-refractivity contribution in [3.05, 3.63) is 41.5 Å². The summed E-state index contributed by atoms with van der Waals surface area (Å²) in [6, 6.07) is 5.17. The van der Waals surface area contributed by atoms with E-state index in [4.69, 9.17) is 4.74 Å². The summed E-state index contributed by atoms with van der Waals surface area (Å²) in [5.41, 5.74) is 1.13. The van der Waals surface area contributed by atoms with Crippen LogP contribution < -0.4 is 4.90 Å². The molecule has 0 N–H and O–H groups in total. The Labute approximate surface area is 184 Å². The molecular formula is C26H33NO4. The van der Waals surface area contributed by atoms with Gasteiger partial charge in [0.05, 0.1) is 23.3 Å². The van der Waals surface area contributed by atoms with Gasteiger partial charge in [0, 0.05) is 6.42 Å². The Balaban J connectivity index is 1.52. The van der Waals surface area contributed by atoms with Crippen molar-refractivity contribution in [2.75, 3.05) is 11.5 Å². The van der Waals surface area contributed by atoms with Gasteiger partial charge < -0.3 is 4.74 Å². The molecule has 166 valence electrons. The molecule has 31 heavy (non-hydrogen) atoms. The van der Waals surface area contributed by atoms with Crippen LogP contribution in [-0.4, -0.2) is 24.4 Å². The van der Waals surface area contributed by atoms with Crippen LogP contribution in [0.3, 0.4) is 0 Å². The fourth-order valence-corrected chi connectivity index (χ4v) is 5.56. The highest BCUT2D eigenvalue weighted by atomic mass is 16.5. The first kappa shape index (κ1) is 21.8. The second-order valence-electron chi connectivity index (χ2n) is 9.57. The number of amides is 2. The van der Waals surface area contributed by atoms with Crippen LogP contribution in [0, 0.1) is 30.1 Å². The van der Waals surface area contributed by atoms with Gasteiger partial charge in [-0.3, -0.25) is 9.59 Å². The lowest BCUT2D eigenvalue weighted by Gasteiger charge is -2.28. The van der Waals surface area contributed by atoms with E-state index in [1.807, 2.05) is 6.92 Å². The van der Waals surface area contributed by atoms with E-state index in [1.54, 1.807) is 18.2 Å². The molecule has 4 rings (SSSR count). The van der Waals surface area contributed by atoms with E-state index < -0.39 is 11.4 Å². The SMILES string of the molecule is CCCCC(CC)COC(=O)c1ccc(C)c(N2C(=O)CC3(CC4C=CC3C4)C2=O)c1. The zero-order valence-electron chi connectivity index (χ0n) is 18.9. The summed E-state index contributed by atoms with van der Waals surface area (Å²) in [7, 11) is 0. The maximum absolute atomic E-state index is 13.5. The van der Waals surface area contributed by atoms with Crippen molar-refractivity contribution in [2.45, 2.75) is 65.7 Å². The van der Waals surface area contributed by atoms with E-state index in [2.05, 4.69) is 26.0 Å². The minimum atomic E-state index is -0.590. The molecule has 4 unspecified atom stereocenters. The molecule has 3 aliphatic rings. The molecule has 5 nitrogen and oxygen atoms in total. The van der Waals surface area contributed by atoms with Crippen molar-refractivity contribution in [3.8, 4) is 0 Å². The molecule has 1 aromatic rings. The summed E-state index contributed by atoms with van der Waals surface area (Å²) in [6.07, 6.45) is 10.6. The molecule has 0 aromatic heterocycles. The third-order valence-corrected chi connectivity index (χ3v) is 7.53. The number of hydrogen-bond donors (Lipinski definition) is 0. The van der Waals surface area contributed by atoms with Gasteiger partial charge in [0.1, 0.15) is 0 Å². The Bertz CT molecular complexity index is 920. The van der Waals surface area contributed by atoms with Crippen LogP contribution in [0.5, 0.6) is 0 Å². The molecule has 2 bridgehead atoms. The smallest absolute Gasteiger partial charge is 0.338 e. The van der Waals surface area contributed by atoms with Gasteiger partial charge in [0.2, 0.25) is 11.8 Å². The molecule has 5 heteroatoms. The normalized spacial score (nSPS) is 27.5. The lowest BCUT2D eigenvalue weighted by molar-refractivity contribution is -0.126. The summed E-state index contributed by atoms with van der Waals surface area (Å²) in [4.78, 5) is 40.5. The highest BCUT2D eigenvalue weighted by molar-refractivity contribution is 6.23. The molecule has 1 spiro atoms. The molecule has 1 saturated carbocycles. The fourth-order valence-electron chi connectivity index (χ4n) is 5.56. The van der Waals surface area contributed by atoms with Gasteiger partial charge >= 0.3 is 5.97 Å². The van der Waals surface area contributed by atoms with Crippen LogP contribution in [0.25, 0.3) is 0 Å². The topological polar surface area (TPSA) is 63.7 Å². The number of benzene rings is 1. The lowest BCUT2D eigenvalue weighted by atomic mass is 9.74. The van der Waals surface area contributed by atoms with Crippen LogP contribution >= 0.6 is 0 Å². The number of anilines is 1. The summed E-state index contributed by atoms with van der Waals surface area (Å²) in [5.74, 6) is 0.262. The molecule has 4 atom stereocenters. The van der Waals surface area contributed by atoms with Crippen molar-refractivity contribution >= 4 is 23.5 Å². The third-order valence-electron chi connectivity index (χ3n) is 7.53. The molecule has 0 radical (unpaired) electrons. The van der Waals surface area contributed by atoms with E-state index in [9.17, 15) is 14.4 Å². The Hall–Kier alpha value is -2.43. The summed E-state index contributed by atoms with van der Waals surface area (Å²) in [5, 5.41) is 0. The Morgan fingerprint density at radius 3 is 2.71 bits per heavy atom. The van der Waals surface area contributed by atoms with Crippen molar-refractivity contribution in [1.29, 1.82) is 0 Å². The zero-order chi connectivity index (χ0) is 22.2. The molecule has 2 aliphatic carbocycles. The number of aryl methyl sites for hydroxylation is 1. The first-order valence-electron chi connectivity index (χ1n) is 11.7. The number of carbonyl (C=O) groups is 3. The van der Waals surface area contributed by atoms with Crippen molar-refractivity contribution in [2.24, 2.45) is 23.2 Å². The number of fused-ring (bicyclic) bond motifs is 3. The van der Waals surface area contributed by atoms with E-state index in [0.717, 1.165) is 44.1 Å². The third kappa shape index (κ3) is 3.83. The summed E-state index contributed by atoms with van der Waals surface area (Å²) >= 11 is 0. The monoisotopic (exact) mass is 423 g/mol. The maximum atomic E-state index is 13.5. The number of unbranched alkanes of at least 4 members (excludes halogenated alkanes) is 1. The molecule has 2 amide bonds. The predicted octanol–water partition coefficient (Wildman–Crippen LogP) is 5.21. The number of ether oxygens (including phenoxy) is 1. The Morgan fingerprint density at radius 2 is 2.06 bits per heavy atom. The lowest BCUT2D eigenvalue weighted by Crippen LogP contribution is -2.38. The van der Waals surface area contributed by atoms with Gasteiger partial charge in [-0.2, -0.15) is 0 Å². The van der Waals surface area contributed by atoms with Crippen LogP contribution in [0.4, 0.5) is 5.69 Å². The van der Waals surface area contributed by atoms with Crippen molar-refractivity contribution < 1.29 is 19.1 Å². The van der Waals surface area contributed by atoms with E-state index in [1.165, 1.54) is 4.90 Å². The number of hydrogen-bond acceptors (Lipinski definition) is 4. The minimum Gasteiger partial charge on any atom is -0.462 e. The molecule has 1 saturated heterocycles. The quantitative estimate of drug-likeness (QED) is 0.327. The zero-order valence-corrected chi connectivity index (χ0v) is 18.9. The van der Waals surface area contributed by atoms with E-state index in [0.29, 0.717) is 29.7 Å². The minimum absolute atomic E-state index is 0.103. The summed E-state index contributed by atoms with van der Waals surface area (Å²) in [6.45, 7) is 6.54. The summed E-state index contributed by atoms with van der Waals surface area (Å²) < 4.78 is 5.59. The van der Waals surface area contributed by atoms with Crippen LogP contribution in [-0.2, 0) is 14.3 Å². The number of rotatable bonds is 8. The molecular weight excluding hydrogens is 390 g/mol. The fraction of sp³-hybridized carbons (Fsp3) is 0.577. The van der Waals surface area contributed by atoms with Gasteiger partial charge in [-0.05, 0) is 61.6 Å². The average molecular weight is 424 g/mol. The van der Waals surface area contributed by atoms with E-state index >= 15 is 0 Å². The number of esters is 1. The molecule has 1 heterocycles.